The van der Waals surface area contributed by atoms with Crippen LogP contribution in [0, 0.1) is 5.92 Å². The second-order valence-corrected chi connectivity index (χ2v) is 12.3. The summed E-state index contributed by atoms with van der Waals surface area (Å²) in [6.07, 6.45) is 2.84. The molecule has 0 aliphatic carbocycles. The van der Waals surface area contributed by atoms with Crippen molar-refractivity contribution in [2.75, 3.05) is 32.7 Å². The summed E-state index contributed by atoms with van der Waals surface area (Å²) in [4.78, 5) is 55.2. The summed E-state index contributed by atoms with van der Waals surface area (Å²) in [6.45, 7) is 11.9. The van der Waals surface area contributed by atoms with Gasteiger partial charge in [0.05, 0.1) is 6.04 Å². The van der Waals surface area contributed by atoms with Crippen molar-refractivity contribution < 1.29 is 19.8 Å². The molecule has 256 valence electrons. The number of carboxylic acids is 2. The average Bonchev–Trinajstić information content (AvgIpc) is 3.40. The van der Waals surface area contributed by atoms with E-state index in [1.54, 1.807) is 4.57 Å². The number of aliphatic carboxylic acids is 2. The van der Waals surface area contributed by atoms with Crippen molar-refractivity contribution in [1.29, 1.82) is 0 Å². The molecule has 48 heavy (non-hydrogen) atoms. The molecular formula is C36H46N6O6. The molecule has 1 fully saturated rings. The van der Waals surface area contributed by atoms with E-state index in [0.717, 1.165) is 51.4 Å². The number of nitrogens with zero attached hydrogens (tertiary/aromatic N) is 6. The average molecular weight is 659 g/mol. The van der Waals surface area contributed by atoms with E-state index in [4.69, 9.17) is 15.2 Å². The van der Waals surface area contributed by atoms with Crippen LogP contribution in [0.15, 0.2) is 82.4 Å². The molecule has 0 unspecified atom stereocenters. The molecule has 0 amide bonds. The van der Waals surface area contributed by atoms with Gasteiger partial charge < -0.3 is 19.7 Å². The Morgan fingerprint density at radius 3 is 1.88 bits per heavy atom. The molecule has 12 heteroatoms. The number of carbonyl (C=O) groups is 2. The van der Waals surface area contributed by atoms with Crippen LogP contribution in [0.5, 0.6) is 0 Å². The van der Waals surface area contributed by atoms with E-state index in [1.807, 2.05) is 18.5 Å². The highest BCUT2D eigenvalue weighted by Gasteiger charge is 2.26. The maximum absolute atomic E-state index is 13.1. The quantitative estimate of drug-likeness (QED) is 0.218. The van der Waals surface area contributed by atoms with E-state index in [-0.39, 0.29) is 23.2 Å². The molecule has 2 aromatic heterocycles. The summed E-state index contributed by atoms with van der Waals surface area (Å²) in [6, 6.07) is 21.9. The third-order valence-electron chi connectivity index (χ3n) is 8.44. The Morgan fingerprint density at radius 2 is 1.40 bits per heavy atom. The van der Waals surface area contributed by atoms with Crippen LogP contribution in [-0.2, 0) is 36.1 Å². The highest BCUT2D eigenvalue weighted by Crippen LogP contribution is 2.29. The van der Waals surface area contributed by atoms with Gasteiger partial charge in [-0.05, 0) is 36.9 Å². The zero-order valence-electron chi connectivity index (χ0n) is 28.2. The van der Waals surface area contributed by atoms with Crippen LogP contribution in [0.2, 0.25) is 0 Å². The number of aromatic nitrogens is 4. The summed E-state index contributed by atoms with van der Waals surface area (Å²) >= 11 is 0. The van der Waals surface area contributed by atoms with E-state index in [1.165, 1.54) is 15.7 Å². The molecular weight excluding hydrogens is 612 g/mol. The number of hydrogen-bond donors (Lipinski definition) is 2. The van der Waals surface area contributed by atoms with Crippen molar-refractivity contribution >= 4 is 23.1 Å². The lowest BCUT2D eigenvalue weighted by Crippen LogP contribution is -2.48. The Kier molecular flexibility index (Phi) is 12.6. The first-order chi connectivity index (χ1) is 23.0. The van der Waals surface area contributed by atoms with Gasteiger partial charge >= 0.3 is 17.6 Å². The number of carboxylic acid groups (broad SMARTS) is 2. The molecule has 4 aromatic rings. The number of rotatable bonds is 12. The third-order valence-corrected chi connectivity index (χ3v) is 8.44. The monoisotopic (exact) mass is 658 g/mol. The third kappa shape index (κ3) is 8.96. The second kappa shape index (κ2) is 16.8. The normalized spacial score (nSPS) is 14.1. The molecule has 0 radical (unpaired) electrons. The van der Waals surface area contributed by atoms with Gasteiger partial charge in [0.25, 0.3) is 5.56 Å². The Balaban J connectivity index is 0.000000579. The van der Waals surface area contributed by atoms with Gasteiger partial charge in [0.15, 0.2) is 11.2 Å². The molecule has 0 atom stereocenters. The Morgan fingerprint density at radius 1 is 0.854 bits per heavy atom. The van der Waals surface area contributed by atoms with E-state index in [9.17, 15) is 19.2 Å². The lowest BCUT2D eigenvalue weighted by molar-refractivity contribution is -0.134. The molecule has 1 aliphatic rings. The smallest absolute Gasteiger partial charge is 0.332 e. The lowest BCUT2D eigenvalue weighted by Gasteiger charge is -2.39. The highest BCUT2D eigenvalue weighted by atomic mass is 16.4. The molecule has 5 rings (SSSR count). The van der Waals surface area contributed by atoms with Crippen LogP contribution < -0.4 is 11.2 Å². The minimum absolute atomic E-state index is 0.244. The van der Waals surface area contributed by atoms with Crippen molar-refractivity contribution in [2.45, 2.75) is 52.7 Å². The molecule has 3 heterocycles. The fraction of sp³-hybridized carbons (Fsp3) is 0.417. The van der Waals surface area contributed by atoms with Gasteiger partial charge in [-0.3, -0.25) is 18.8 Å². The minimum atomic E-state index is -1.26. The van der Waals surface area contributed by atoms with Crippen molar-refractivity contribution in [1.82, 2.24) is 28.5 Å². The molecule has 0 saturated carbocycles. The van der Waals surface area contributed by atoms with Crippen LogP contribution >= 0.6 is 0 Å². The van der Waals surface area contributed by atoms with Gasteiger partial charge in [-0.25, -0.2) is 19.4 Å². The summed E-state index contributed by atoms with van der Waals surface area (Å²) in [7, 11) is 1.91. The largest absolute Gasteiger partial charge is 0.478 e. The number of benzene rings is 2. The van der Waals surface area contributed by atoms with Gasteiger partial charge in [-0.2, -0.15) is 0 Å². The number of hydrogen-bond acceptors (Lipinski definition) is 7. The van der Waals surface area contributed by atoms with Gasteiger partial charge in [0.1, 0.15) is 5.82 Å². The minimum Gasteiger partial charge on any atom is -0.478 e. The van der Waals surface area contributed by atoms with Crippen molar-refractivity contribution in [3.63, 3.8) is 0 Å². The van der Waals surface area contributed by atoms with Gasteiger partial charge in [0.2, 0.25) is 0 Å². The molecule has 0 bridgehead atoms. The molecule has 1 aliphatic heterocycles. The SMILES string of the molecule is CCn1c(=O)c2c(nc(CCCN3CCN(C(c4ccccc4)c4ccccc4)CC3)n2C)n(CC(C)C)c1=O.O=C(O)/C=C\C(=O)O. The van der Waals surface area contributed by atoms with Crippen molar-refractivity contribution in [3.8, 4) is 0 Å². The van der Waals surface area contributed by atoms with Gasteiger partial charge in [0, 0.05) is 64.9 Å². The zero-order valence-corrected chi connectivity index (χ0v) is 28.2. The highest BCUT2D eigenvalue weighted by molar-refractivity contribution is 5.89. The van der Waals surface area contributed by atoms with Crippen molar-refractivity contribution in [2.24, 2.45) is 13.0 Å². The van der Waals surface area contributed by atoms with Gasteiger partial charge in [-0.1, -0.05) is 74.5 Å². The standard InChI is InChI=1S/C32H42N6O2.C4H4O4/c1-5-37-31(39)29-30(38(32(37)40)23-24(2)3)33-27(34(29)4)17-12-18-35-19-21-36(22-20-35)28(25-13-8-6-9-14-25)26-15-10-7-11-16-26;5-3(6)1-2-4(7)8/h6-11,13-16,24,28H,5,12,17-23H2,1-4H3;1-2H,(H,5,6)(H,7,8)/b;2-1-. The molecule has 2 aromatic carbocycles. The van der Waals surface area contributed by atoms with Gasteiger partial charge in [-0.15, -0.1) is 0 Å². The first-order valence-corrected chi connectivity index (χ1v) is 16.4. The van der Waals surface area contributed by atoms with E-state index < -0.39 is 11.9 Å². The number of aryl methyl sites for hydroxylation is 2. The Hall–Kier alpha value is -4.81. The lowest BCUT2D eigenvalue weighted by atomic mass is 9.96. The molecule has 2 N–H and O–H groups in total. The van der Waals surface area contributed by atoms with E-state index in [0.29, 0.717) is 36.4 Å². The summed E-state index contributed by atoms with van der Waals surface area (Å²) < 4.78 is 4.92. The van der Waals surface area contributed by atoms with Crippen LogP contribution in [0.1, 0.15) is 50.2 Å². The predicted octanol–water partition coefficient (Wildman–Crippen LogP) is 3.62. The number of fused-ring (bicyclic) bond motifs is 1. The number of imidazole rings is 1. The fourth-order valence-corrected chi connectivity index (χ4v) is 6.17. The maximum Gasteiger partial charge on any atom is 0.332 e. The van der Waals surface area contributed by atoms with Crippen LogP contribution in [0.3, 0.4) is 0 Å². The Labute approximate surface area is 280 Å². The second-order valence-electron chi connectivity index (χ2n) is 12.3. The molecule has 0 spiro atoms. The predicted molar refractivity (Wildman–Crippen MR) is 185 cm³/mol. The zero-order chi connectivity index (χ0) is 34.8. The Bertz CT molecular complexity index is 1760. The summed E-state index contributed by atoms with van der Waals surface area (Å²) in [5, 5.41) is 15.6. The summed E-state index contributed by atoms with van der Waals surface area (Å²) in [5.74, 6) is -1.37. The van der Waals surface area contributed by atoms with E-state index >= 15 is 0 Å². The van der Waals surface area contributed by atoms with Crippen molar-refractivity contribution in [3.05, 3.63) is 111 Å². The number of piperazine rings is 1. The molecule has 12 nitrogen and oxygen atoms in total. The first kappa shape index (κ1) is 36.0. The van der Waals surface area contributed by atoms with Crippen LogP contribution in [0.4, 0.5) is 0 Å². The fourth-order valence-electron chi connectivity index (χ4n) is 6.17. The van der Waals surface area contributed by atoms with E-state index in [2.05, 4.69) is 84.3 Å². The maximum atomic E-state index is 13.1. The first-order valence-electron chi connectivity index (χ1n) is 16.4. The topological polar surface area (TPSA) is 143 Å². The molecule has 1 saturated heterocycles. The van der Waals surface area contributed by atoms with Crippen LogP contribution in [0.25, 0.3) is 11.2 Å². The summed E-state index contributed by atoms with van der Waals surface area (Å²) in [5.41, 5.74) is 3.21. The van der Waals surface area contributed by atoms with Crippen LogP contribution in [-0.4, -0.2) is 83.4 Å².